The highest BCUT2D eigenvalue weighted by molar-refractivity contribution is 6.31. The summed E-state index contributed by atoms with van der Waals surface area (Å²) in [4.78, 5) is 120. The molecule has 9 rings (SSSR count). The number of pyridine rings is 1. The highest BCUT2D eigenvalue weighted by Gasteiger charge is 2.47. The maximum Gasteiger partial charge on any atom is 0.319 e. The summed E-state index contributed by atoms with van der Waals surface area (Å²) in [5, 5.41) is 16.8. The molecule has 3 N–H and O–H groups in total. The number of anilines is 1. The molecular formula is C48H45Cl2N13O11. The average Bonchev–Trinajstić information content (AvgIpc) is 4.16. The molecule has 1 unspecified atom stereocenters. The van der Waals surface area contributed by atoms with Crippen molar-refractivity contribution in [2.45, 2.75) is 63.8 Å². The molecule has 0 aliphatic carbocycles. The van der Waals surface area contributed by atoms with Gasteiger partial charge in [0.25, 0.3) is 29.2 Å². The van der Waals surface area contributed by atoms with E-state index in [9.17, 15) is 38.4 Å². The van der Waals surface area contributed by atoms with Gasteiger partial charge in [-0.2, -0.15) is 4.98 Å². The van der Waals surface area contributed by atoms with Gasteiger partial charge in [-0.1, -0.05) is 46.6 Å². The molecule has 7 heterocycles. The van der Waals surface area contributed by atoms with E-state index in [0.717, 1.165) is 4.90 Å². The molecule has 26 heteroatoms. The van der Waals surface area contributed by atoms with Gasteiger partial charge in [0.2, 0.25) is 23.6 Å². The molecule has 6 aromatic rings. The van der Waals surface area contributed by atoms with Gasteiger partial charge >= 0.3 is 6.01 Å². The van der Waals surface area contributed by atoms with Crippen molar-refractivity contribution in [3.05, 3.63) is 121 Å². The predicted molar refractivity (Wildman–Crippen MR) is 260 cm³/mol. The number of piperidine rings is 1. The second-order valence-electron chi connectivity index (χ2n) is 17.2. The first kappa shape index (κ1) is 50.4. The summed E-state index contributed by atoms with van der Waals surface area (Å²) in [6.45, 7) is 0.312. The molecule has 7 amide bonds. The zero-order valence-electron chi connectivity index (χ0n) is 39.8. The number of carbonyl (C=O) groups is 7. The van der Waals surface area contributed by atoms with E-state index >= 15 is 0 Å². The fourth-order valence-corrected chi connectivity index (χ4v) is 9.32. The van der Waals surface area contributed by atoms with Crippen LogP contribution in [0.2, 0.25) is 10.0 Å². The normalized spacial score (nSPS) is 16.0. The fourth-order valence-electron chi connectivity index (χ4n) is 8.94. The van der Waals surface area contributed by atoms with Gasteiger partial charge in [0.1, 0.15) is 35.0 Å². The Kier molecular flexibility index (Phi) is 14.5. The lowest BCUT2D eigenvalue weighted by Crippen LogP contribution is -2.54. The molecule has 24 nitrogen and oxygen atoms in total. The monoisotopic (exact) mass is 1050 g/mol. The summed E-state index contributed by atoms with van der Waals surface area (Å²) in [6.07, 6.45) is 5.38. The number of amides is 7. The molecule has 1 fully saturated rings. The lowest BCUT2D eigenvalue weighted by atomic mass is 10.0. The van der Waals surface area contributed by atoms with Crippen LogP contribution in [0.1, 0.15) is 86.3 Å². The van der Waals surface area contributed by atoms with Gasteiger partial charge in [-0.05, 0) is 55.2 Å². The second-order valence-corrected chi connectivity index (χ2v) is 18.0. The van der Waals surface area contributed by atoms with E-state index in [-0.39, 0.29) is 96.4 Å². The van der Waals surface area contributed by atoms with Crippen LogP contribution in [0.5, 0.6) is 17.6 Å². The molecule has 2 aromatic carbocycles. The molecule has 0 saturated carbocycles. The molecule has 4 aromatic heterocycles. The van der Waals surface area contributed by atoms with E-state index in [2.05, 4.69) is 36.2 Å². The Morgan fingerprint density at radius 1 is 0.851 bits per heavy atom. The molecule has 3 aliphatic heterocycles. The number of benzene rings is 2. The van der Waals surface area contributed by atoms with Crippen molar-refractivity contribution in [2.75, 3.05) is 32.3 Å². The summed E-state index contributed by atoms with van der Waals surface area (Å²) >= 11 is 12.8. The molecule has 0 spiro atoms. The lowest BCUT2D eigenvalue weighted by Gasteiger charge is -2.27. The predicted octanol–water partition coefficient (Wildman–Crippen LogP) is 2.79. The lowest BCUT2D eigenvalue weighted by molar-refractivity contribution is -0.136. The Bertz CT molecular complexity index is 3320. The Labute approximate surface area is 429 Å². The third-order valence-corrected chi connectivity index (χ3v) is 12.8. The van der Waals surface area contributed by atoms with Crippen molar-refractivity contribution in [3.63, 3.8) is 0 Å². The number of fused-ring (bicyclic) bond motifs is 2. The molecule has 3 aliphatic rings. The maximum absolute atomic E-state index is 14.6. The van der Waals surface area contributed by atoms with Crippen LogP contribution in [0.3, 0.4) is 0 Å². The van der Waals surface area contributed by atoms with Crippen molar-refractivity contribution in [3.8, 4) is 29.0 Å². The van der Waals surface area contributed by atoms with Crippen molar-refractivity contribution in [1.29, 1.82) is 0 Å². The third-order valence-electron chi connectivity index (χ3n) is 12.4. The van der Waals surface area contributed by atoms with Crippen molar-refractivity contribution >= 4 is 70.2 Å². The number of imidazole rings is 1. The number of methoxy groups -OCH3 is 2. The van der Waals surface area contributed by atoms with E-state index in [1.807, 2.05) is 4.57 Å². The van der Waals surface area contributed by atoms with Gasteiger partial charge in [-0.25, -0.2) is 9.97 Å². The van der Waals surface area contributed by atoms with Crippen LogP contribution in [0.25, 0.3) is 11.4 Å². The molecule has 0 radical (unpaired) electrons. The number of halogens is 2. The van der Waals surface area contributed by atoms with E-state index in [0.29, 0.717) is 46.3 Å². The zero-order chi connectivity index (χ0) is 52.4. The Morgan fingerprint density at radius 2 is 1.65 bits per heavy atom. The zero-order valence-corrected chi connectivity index (χ0v) is 41.3. The summed E-state index contributed by atoms with van der Waals surface area (Å²) in [5.41, 5.74) is 1.59. The SMILES string of the molecule is COc1ncc(-c2nc3c(n2CCCn2cc(CNC(=O)CCCNC(=O)COc4cccc5c4C(=O)N(C4CCC(=O)NC4=O)C5=O)nn2)[C@@H](c2ccc(Cl)cc2)N(c2cc(Cl)cn(C)c2=O)C3=O)c(OC)n1. The van der Waals surface area contributed by atoms with Gasteiger partial charge in [0, 0.05) is 56.9 Å². The number of rotatable bonds is 19. The number of imide groups is 2. The van der Waals surface area contributed by atoms with Crippen LogP contribution < -0.4 is 40.6 Å². The highest BCUT2D eigenvalue weighted by Crippen LogP contribution is 2.44. The number of carbonyl (C=O) groups excluding carboxylic acids is 7. The van der Waals surface area contributed by atoms with Gasteiger partial charge in [-0.15, -0.1) is 5.10 Å². The fraction of sp³-hybridized carbons (Fsp3) is 0.312. The van der Waals surface area contributed by atoms with Gasteiger partial charge in [-0.3, -0.25) is 58.2 Å². The van der Waals surface area contributed by atoms with Crippen molar-refractivity contribution in [2.24, 2.45) is 7.05 Å². The largest absolute Gasteiger partial charge is 0.483 e. The quantitative estimate of drug-likeness (QED) is 0.0777. The van der Waals surface area contributed by atoms with E-state index < -0.39 is 59.7 Å². The average molecular weight is 1050 g/mol. The topological polar surface area (TPSA) is 286 Å². The van der Waals surface area contributed by atoms with E-state index in [1.54, 1.807) is 42.2 Å². The number of hydrogen-bond donors (Lipinski definition) is 3. The number of nitrogens with zero attached hydrogens (tertiary/aromatic N) is 10. The number of aromatic nitrogens is 8. The van der Waals surface area contributed by atoms with Crippen molar-refractivity contribution in [1.82, 2.24) is 59.9 Å². The van der Waals surface area contributed by atoms with E-state index in [4.69, 9.17) is 42.4 Å². The molecule has 1 saturated heterocycles. The minimum Gasteiger partial charge on any atom is -0.483 e. The standard InChI is InChI=1S/C48H45Cl2N13O11/c1-59-22-27(50)19-32(45(59)69)62-39(25-10-12-26(49)13-11-25)40-38(47(62)71)55-41(30-21-53-48(73-3)56-43(30)72-2)61(40)18-6-17-60-23-28(57-58-60)20-52-34(64)9-5-16-51-36(66)24-74-33-8-4-7-29-37(33)46(70)63(44(29)68)31-14-15-35(65)54-42(31)67/h4,7-8,10-13,19,21-23,31,39H,5-6,9,14-18,20,24H2,1-3H3,(H,51,66)(H,52,64)(H,54,65,67)/t31?,39-/m1/s1. The molecule has 382 valence electrons. The summed E-state index contributed by atoms with van der Waals surface area (Å²) < 4.78 is 21.3. The molecule has 2 atom stereocenters. The van der Waals surface area contributed by atoms with E-state index in [1.165, 1.54) is 60.3 Å². The van der Waals surface area contributed by atoms with Gasteiger partial charge < -0.3 is 34.0 Å². The van der Waals surface area contributed by atoms with Crippen molar-refractivity contribution < 1.29 is 47.8 Å². The van der Waals surface area contributed by atoms with Crippen LogP contribution in [0.15, 0.2) is 71.9 Å². The number of aryl methyl sites for hydroxylation is 2. The minimum absolute atomic E-state index is 0.00669. The summed E-state index contributed by atoms with van der Waals surface area (Å²) in [7, 11) is 4.40. The van der Waals surface area contributed by atoms with Gasteiger partial charge in [0.15, 0.2) is 12.3 Å². The first-order valence-corrected chi connectivity index (χ1v) is 23.8. The number of ether oxygens (including phenoxy) is 3. The summed E-state index contributed by atoms with van der Waals surface area (Å²) in [5.74, 6) is -3.64. The second kappa shape index (κ2) is 21.3. The van der Waals surface area contributed by atoms with Crippen LogP contribution in [0, 0.1) is 0 Å². The molecule has 0 bridgehead atoms. The minimum atomic E-state index is -1.15. The van der Waals surface area contributed by atoms with Crippen LogP contribution in [0.4, 0.5) is 5.69 Å². The molecular weight excluding hydrogens is 1010 g/mol. The Balaban J connectivity index is 0.812. The third kappa shape index (κ3) is 10.00. The van der Waals surface area contributed by atoms with Crippen LogP contribution >= 0.6 is 23.2 Å². The maximum atomic E-state index is 14.6. The Hall–Kier alpha value is -8.51. The Morgan fingerprint density at radius 3 is 2.41 bits per heavy atom. The first-order valence-electron chi connectivity index (χ1n) is 23.1. The highest BCUT2D eigenvalue weighted by atomic mass is 35.5. The number of hydrogen-bond acceptors (Lipinski definition) is 16. The smallest absolute Gasteiger partial charge is 0.319 e. The van der Waals surface area contributed by atoms with Gasteiger partial charge in [0.05, 0.1) is 54.4 Å². The molecule has 74 heavy (non-hydrogen) atoms. The number of nitrogens with one attached hydrogen (secondary N) is 3. The summed E-state index contributed by atoms with van der Waals surface area (Å²) in [6, 6.07) is 10.8. The van der Waals surface area contributed by atoms with Crippen LogP contribution in [-0.4, -0.2) is 119 Å². The first-order chi connectivity index (χ1) is 35.6. The van der Waals surface area contributed by atoms with Crippen LogP contribution in [-0.2, 0) is 45.9 Å².